The van der Waals surface area contributed by atoms with E-state index in [4.69, 9.17) is 4.74 Å². The number of nitro benzene ring substituents is 1. The smallest absolute Gasteiger partial charge is 0.270 e. The number of ether oxygens (including phenoxy) is 1. The lowest BCUT2D eigenvalue weighted by Crippen LogP contribution is -2.03. The third-order valence-corrected chi connectivity index (χ3v) is 2.66. The van der Waals surface area contributed by atoms with Crippen molar-refractivity contribution in [1.29, 1.82) is 0 Å². The van der Waals surface area contributed by atoms with Crippen LogP contribution in [0.3, 0.4) is 0 Å². The molecular formula is C13H19NO4. The number of aliphatic hydroxyl groups excluding tert-OH is 1. The molecule has 0 radical (unpaired) electrons. The van der Waals surface area contributed by atoms with Crippen LogP contribution in [0, 0.1) is 10.1 Å². The van der Waals surface area contributed by atoms with Crippen molar-refractivity contribution < 1.29 is 14.8 Å². The predicted molar refractivity (Wildman–Crippen MR) is 68.8 cm³/mol. The zero-order valence-corrected chi connectivity index (χ0v) is 10.8. The lowest BCUT2D eigenvalue weighted by molar-refractivity contribution is -0.385. The molecule has 0 spiro atoms. The standard InChI is InChI=1S/C13H19NO4/c1-3-4-5-8-18-13-7-6-11(14(16)17)9-12(13)10(2)15/h6-7,9-10,15H,3-5,8H2,1-2H3/t10-/m1/s1. The minimum Gasteiger partial charge on any atom is -0.493 e. The van der Waals surface area contributed by atoms with Gasteiger partial charge in [0.1, 0.15) is 5.75 Å². The SMILES string of the molecule is CCCCCOc1ccc([N+](=O)[O-])cc1[C@@H](C)O. The number of non-ortho nitro benzene ring substituents is 1. The van der Waals surface area contributed by atoms with Gasteiger partial charge in [-0.2, -0.15) is 0 Å². The summed E-state index contributed by atoms with van der Waals surface area (Å²) in [5.41, 5.74) is 0.424. The van der Waals surface area contributed by atoms with Crippen LogP contribution in [0.1, 0.15) is 44.8 Å². The third kappa shape index (κ3) is 4.00. The average molecular weight is 253 g/mol. The summed E-state index contributed by atoms with van der Waals surface area (Å²) in [6.07, 6.45) is 2.34. The Hall–Kier alpha value is -1.62. The summed E-state index contributed by atoms with van der Waals surface area (Å²) in [5, 5.41) is 20.3. The number of unbranched alkanes of at least 4 members (excludes halogenated alkanes) is 2. The van der Waals surface area contributed by atoms with Gasteiger partial charge in [-0.3, -0.25) is 10.1 Å². The molecule has 0 saturated carbocycles. The summed E-state index contributed by atoms with van der Waals surface area (Å²) >= 11 is 0. The first-order valence-electron chi connectivity index (χ1n) is 6.15. The van der Waals surface area contributed by atoms with Gasteiger partial charge in [0.25, 0.3) is 5.69 Å². The normalized spacial score (nSPS) is 12.2. The van der Waals surface area contributed by atoms with Crippen LogP contribution in [-0.4, -0.2) is 16.6 Å². The molecule has 0 fully saturated rings. The van der Waals surface area contributed by atoms with Gasteiger partial charge in [-0.25, -0.2) is 0 Å². The van der Waals surface area contributed by atoms with E-state index in [1.165, 1.54) is 12.1 Å². The van der Waals surface area contributed by atoms with Gasteiger partial charge in [-0.1, -0.05) is 19.8 Å². The first-order chi connectivity index (χ1) is 8.56. The highest BCUT2D eigenvalue weighted by Crippen LogP contribution is 2.29. The van der Waals surface area contributed by atoms with Crippen LogP contribution in [-0.2, 0) is 0 Å². The van der Waals surface area contributed by atoms with E-state index in [9.17, 15) is 15.2 Å². The van der Waals surface area contributed by atoms with Crippen LogP contribution < -0.4 is 4.74 Å². The minimum absolute atomic E-state index is 0.0354. The van der Waals surface area contributed by atoms with E-state index in [1.54, 1.807) is 13.0 Å². The predicted octanol–water partition coefficient (Wildman–Crippen LogP) is 3.22. The molecule has 1 N–H and O–H groups in total. The maximum Gasteiger partial charge on any atom is 0.270 e. The Kier molecular flexibility index (Phi) is 5.58. The second kappa shape index (κ2) is 6.96. The number of rotatable bonds is 7. The van der Waals surface area contributed by atoms with Crippen molar-refractivity contribution in [3.63, 3.8) is 0 Å². The Morgan fingerprint density at radius 1 is 1.44 bits per heavy atom. The molecule has 1 atom stereocenters. The zero-order valence-electron chi connectivity index (χ0n) is 10.8. The van der Waals surface area contributed by atoms with Crippen molar-refractivity contribution in [2.75, 3.05) is 6.61 Å². The molecule has 5 heteroatoms. The molecular weight excluding hydrogens is 234 g/mol. The van der Waals surface area contributed by atoms with Crippen LogP contribution in [0.15, 0.2) is 18.2 Å². The molecule has 0 unspecified atom stereocenters. The van der Waals surface area contributed by atoms with Gasteiger partial charge in [0.05, 0.1) is 17.6 Å². The molecule has 0 aliphatic carbocycles. The maximum absolute atomic E-state index is 10.7. The van der Waals surface area contributed by atoms with Crippen LogP contribution >= 0.6 is 0 Å². The fourth-order valence-corrected chi connectivity index (χ4v) is 1.64. The van der Waals surface area contributed by atoms with Gasteiger partial charge in [-0.05, 0) is 19.4 Å². The van der Waals surface area contributed by atoms with Gasteiger partial charge in [-0.15, -0.1) is 0 Å². The molecule has 1 rings (SSSR count). The summed E-state index contributed by atoms with van der Waals surface area (Å²) in [4.78, 5) is 10.2. The van der Waals surface area contributed by atoms with E-state index in [0.717, 1.165) is 19.3 Å². The highest BCUT2D eigenvalue weighted by Gasteiger charge is 2.15. The molecule has 0 aromatic heterocycles. The second-order valence-electron chi connectivity index (χ2n) is 4.21. The lowest BCUT2D eigenvalue weighted by Gasteiger charge is -2.13. The van der Waals surface area contributed by atoms with E-state index in [2.05, 4.69) is 6.92 Å². The average Bonchev–Trinajstić information content (AvgIpc) is 2.34. The van der Waals surface area contributed by atoms with E-state index in [1.807, 2.05) is 0 Å². The topological polar surface area (TPSA) is 72.6 Å². The Morgan fingerprint density at radius 2 is 2.17 bits per heavy atom. The summed E-state index contributed by atoms with van der Waals surface area (Å²) < 4.78 is 5.55. The van der Waals surface area contributed by atoms with Crippen molar-refractivity contribution in [2.45, 2.75) is 39.2 Å². The lowest BCUT2D eigenvalue weighted by atomic mass is 10.1. The van der Waals surface area contributed by atoms with Gasteiger partial charge in [0.2, 0.25) is 0 Å². The number of nitrogens with zero attached hydrogens (tertiary/aromatic N) is 1. The van der Waals surface area contributed by atoms with E-state index >= 15 is 0 Å². The van der Waals surface area contributed by atoms with Crippen molar-refractivity contribution in [1.82, 2.24) is 0 Å². The molecule has 0 amide bonds. The van der Waals surface area contributed by atoms with Gasteiger partial charge in [0.15, 0.2) is 0 Å². The zero-order chi connectivity index (χ0) is 13.5. The Balaban J connectivity index is 2.80. The molecule has 5 nitrogen and oxygen atoms in total. The Bertz CT molecular complexity index is 404. The van der Waals surface area contributed by atoms with Crippen LogP contribution in [0.25, 0.3) is 0 Å². The van der Waals surface area contributed by atoms with Crippen LogP contribution in [0.2, 0.25) is 0 Å². The van der Waals surface area contributed by atoms with E-state index in [0.29, 0.717) is 17.9 Å². The van der Waals surface area contributed by atoms with Crippen molar-refractivity contribution >= 4 is 5.69 Å². The molecule has 0 aliphatic rings. The second-order valence-corrected chi connectivity index (χ2v) is 4.21. The number of aliphatic hydroxyl groups is 1. The first kappa shape index (κ1) is 14.4. The Morgan fingerprint density at radius 3 is 2.72 bits per heavy atom. The number of nitro groups is 1. The molecule has 0 aliphatic heterocycles. The molecule has 0 bridgehead atoms. The third-order valence-electron chi connectivity index (χ3n) is 2.66. The molecule has 0 saturated heterocycles. The van der Waals surface area contributed by atoms with E-state index < -0.39 is 11.0 Å². The van der Waals surface area contributed by atoms with E-state index in [-0.39, 0.29) is 5.69 Å². The highest BCUT2D eigenvalue weighted by atomic mass is 16.6. The number of hydrogen-bond acceptors (Lipinski definition) is 4. The molecule has 0 heterocycles. The monoisotopic (exact) mass is 253 g/mol. The molecule has 1 aromatic rings. The summed E-state index contributed by atoms with van der Waals surface area (Å²) in [5.74, 6) is 0.520. The van der Waals surface area contributed by atoms with Crippen molar-refractivity contribution in [2.24, 2.45) is 0 Å². The fraction of sp³-hybridized carbons (Fsp3) is 0.538. The molecule has 18 heavy (non-hydrogen) atoms. The number of benzene rings is 1. The minimum atomic E-state index is -0.786. The van der Waals surface area contributed by atoms with Crippen LogP contribution in [0.4, 0.5) is 5.69 Å². The van der Waals surface area contributed by atoms with Gasteiger partial charge < -0.3 is 9.84 Å². The highest BCUT2D eigenvalue weighted by molar-refractivity contribution is 5.44. The van der Waals surface area contributed by atoms with Crippen LogP contribution in [0.5, 0.6) is 5.75 Å². The van der Waals surface area contributed by atoms with Gasteiger partial charge in [0, 0.05) is 17.7 Å². The summed E-state index contributed by atoms with van der Waals surface area (Å²) in [6, 6.07) is 4.30. The maximum atomic E-state index is 10.7. The number of hydrogen-bond donors (Lipinski definition) is 1. The first-order valence-corrected chi connectivity index (χ1v) is 6.15. The fourth-order valence-electron chi connectivity index (χ4n) is 1.64. The molecule has 1 aromatic carbocycles. The van der Waals surface area contributed by atoms with Crippen molar-refractivity contribution in [3.8, 4) is 5.75 Å². The summed E-state index contributed by atoms with van der Waals surface area (Å²) in [7, 11) is 0. The molecule has 100 valence electrons. The van der Waals surface area contributed by atoms with Gasteiger partial charge >= 0.3 is 0 Å². The Labute approximate surface area is 107 Å². The quantitative estimate of drug-likeness (QED) is 0.460. The summed E-state index contributed by atoms with van der Waals surface area (Å²) in [6.45, 7) is 4.23. The van der Waals surface area contributed by atoms with Crippen molar-refractivity contribution in [3.05, 3.63) is 33.9 Å². The largest absolute Gasteiger partial charge is 0.493 e.